The Labute approximate surface area is 109 Å². The van der Waals surface area contributed by atoms with E-state index in [-0.39, 0.29) is 5.41 Å². The molecule has 3 unspecified atom stereocenters. The van der Waals surface area contributed by atoms with Gasteiger partial charge in [0.05, 0.1) is 5.60 Å². The molecule has 1 fully saturated rings. The van der Waals surface area contributed by atoms with Crippen LogP contribution in [0.3, 0.4) is 0 Å². The van der Waals surface area contributed by atoms with Crippen LogP contribution in [0.1, 0.15) is 25.3 Å². The summed E-state index contributed by atoms with van der Waals surface area (Å²) in [5.41, 5.74) is 0.0919. The second-order valence-corrected chi connectivity index (χ2v) is 5.71. The summed E-state index contributed by atoms with van der Waals surface area (Å²) < 4.78 is 0. The van der Waals surface area contributed by atoms with Crippen molar-refractivity contribution in [2.45, 2.75) is 30.8 Å². The molecule has 4 atom stereocenters. The molecule has 0 amide bonds. The fourth-order valence-corrected chi connectivity index (χ4v) is 4.00. The number of rotatable bonds is 2. The average molecular weight is 240 g/mol. The van der Waals surface area contributed by atoms with Gasteiger partial charge in [0.1, 0.15) is 0 Å². The predicted octanol–water partition coefficient (Wildman–Crippen LogP) is 3.46. The Balaban J connectivity index is 2.21. The van der Waals surface area contributed by atoms with Crippen molar-refractivity contribution in [1.82, 2.24) is 0 Å². The van der Waals surface area contributed by atoms with Gasteiger partial charge in [0.2, 0.25) is 0 Å². The summed E-state index contributed by atoms with van der Waals surface area (Å²) >= 11 is 0. The monoisotopic (exact) mass is 240 g/mol. The lowest BCUT2D eigenvalue weighted by atomic mass is 9.55. The highest BCUT2D eigenvalue weighted by Crippen LogP contribution is 2.57. The first-order chi connectivity index (χ1) is 8.64. The molecule has 2 aliphatic carbocycles. The number of fused-ring (bicyclic) bond motifs is 2. The maximum atomic E-state index is 11.1. The van der Waals surface area contributed by atoms with Crippen LogP contribution in [0.5, 0.6) is 0 Å². The molecule has 2 aliphatic rings. The van der Waals surface area contributed by atoms with Gasteiger partial charge < -0.3 is 5.11 Å². The molecule has 0 radical (unpaired) electrons. The first-order valence-electron chi connectivity index (χ1n) is 6.75. The van der Waals surface area contributed by atoms with E-state index in [4.69, 9.17) is 0 Å². The third-order valence-corrected chi connectivity index (χ3v) is 5.13. The molecule has 2 bridgehead atoms. The quantitative estimate of drug-likeness (QED) is 0.785. The molecule has 1 aromatic carbocycles. The molecule has 18 heavy (non-hydrogen) atoms. The van der Waals surface area contributed by atoms with E-state index >= 15 is 0 Å². The lowest BCUT2D eigenvalue weighted by molar-refractivity contribution is -0.0366. The van der Waals surface area contributed by atoms with Crippen molar-refractivity contribution in [3.63, 3.8) is 0 Å². The molecule has 0 saturated heterocycles. The second kappa shape index (κ2) is 3.83. The zero-order valence-electron chi connectivity index (χ0n) is 10.8. The molecule has 0 spiro atoms. The second-order valence-electron chi connectivity index (χ2n) is 5.71. The standard InChI is InChI=1S/C17H20O/c1-3-16(18)11-9-14-10-12-17(16,13(14)2)15-7-5-4-6-8-15/h3-8,10,12-14,18H,1,9,11H2,2H3/t13?,14?,16-,17?/m1/s1. The Morgan fingerprint density at radius 2 is 2.06 bits per heavy atom. The van der Waals surface area contributed by atoms with E-state index in [2.05, 4.69) is 49.9 Å². The van der Waals surface area contributed by atoms with Crippen molar-refractivity contribution in [3.05, 3.63) is 60.7 Å². The summed E-state index contributed by atoms with van der Waals surface area (Å²) in [6.45, 7) is 6.15. The first kappa shape index (κ1) is 11.7. The van der Waals surface area contributed by atoms with E-state index in [1.165, 1.54) is 5.56 Å². The zero-order chi connectivity index (χ0) is 12.8. The van der Waals surface area contributed by atoms with Gasteiger partial charge in [0.15, 0.2) is 0 Å². The van der Waals surface area contributed by atoms with E-state index in [1.807, 2.05) is 6.07 Å². The molecule has 1 nitrogen and oxygen atoms in total. The zero-order valence-corrected chi connectivity index (χ0v) is 10.8. The van der Waals surface area contributed by atoms with E-state index in [0.29, 0.717) is 11.8 Å². The van der Waals surface area contributed by atoms with Gasteiger partial charge in [-0.1, -0.05) is 55.5 Å². The number of hydrogen-bond donors (Lipinski definition) is 1. The SMILES string of the molecule is C=C[C@@]1(O)CCC2C=CC1(c1ccccc1)C2C. The highest BCUT2D eigenvalue weighted by Gasteiger charge is 2.58. The molecule has 3 rings (SSSR count). The summed E-state index contributed by atoms with van der Waals surface area (Å²) in [7, 11) is 0. The van der Waals surface area contributed by atoms with E-state index in [0.717, 1.165) is 12.8 Å². The molecule has 1 N–H and O–H groups in total. The highest BCUT2D eigenvalue weighted by atomic mass is 16.3. The predicted molar refractivity (Wildman–Crippen MR) is 74.3 cm³/mol. The Morgan fingerprint density at radius 1 is 1.33 bits per heavy atom. The lowest BCUT2D eigenvalue weighted by Gasteiger charge is -2.51. The van der Waals surface area contributed by atoms with Crippen LogP contribution in [0.2, 0.25) is 0 Å². The molecule has 0 heterocycles. The smallest absolute Gasteiger partial charge is 0.0958 e. The fourth-order valence-electron chi connectivity index (χ4n) is 4.00. The van der Waals surface area contributed by atoms with E-state index in [1.54, 1.807) is 6.08 Å². The Morgan fingerprint density at radius 3 is 2.72 bits per heavy atom. The van der Waals surface area contributed by atoms with Gasteiger partial charge in [-0.25, -0.2) is 0 Å². The molecular formula is C17H20O. The summed E-state index contributed by atoms with van der Waals surface area (Å²) in [4.78, 5) is 0. The van der Waals surface area contributed by atoms with Crippen LogP contribution in [0, 0.1) is 11.8 Å². The van der Waals surface area contributed by atoms with Gasteiger partial charge in [-0.15, -0.1) is 6.58 Å². The summed E-state index contributed by atoms with van der Waals surface area (Å²) in [6.07, 6.45) is 8.12. The van der Waals surface area contributed by atoms with Gasteiger partial charge in [-0.05, 0) is 30.2 Å². The van der Waals surface area contributed by atoms with Crippen LogP contribution in [-0.4, -0.2) is 10.7 Å². The minimum atomic E-state index is -0.822. The largest absolute Gasteiger partial charge is 0.385 e. The van der Waals surface area contributed by atoms with Crippen LogP contribution in [0.4, 0.5) is 0 Å². The Kier molecular flexibility index (Phi) is 2.49. The minimum absolute atomic E-state index is 0.293. The third kappa shape index (κ3) is 1.26. The molecule has 1 aromatic rings. The van der Waals surface area contributed by atoms with Crippen LogP contribution < -0.4 is 0 Å². The molecule has 0 aliphatic heterocycles. The fraction of sp³-hybridized carbons (Fsp3) is 0.412. The minimum Gasteiger partial charge on any atom is -0.385 e. The average Bonchev–Trinajstić information content (AvgIpc) is 2.66. The van der Waals surface area contributed by atoms with Gasteiger partial charge >= 0.3 is 0 Å². The van der Waals surface area contributed by atoms with Crippen LogP contribution in [-0.2, 0) is 5.41 Å². The van der Waals surface area contributed by atoms with Gasteiger partial charge in [0, 0.05) is 5.41 Å². The normalized spacial score (nSPS) is 41.9. The van der Waals surface area contributed by atoms with Crippen molar-refractivity contribution in [3.8, 4) is 0 Å². The Bertz CT molecular complexity index is 490. The van der Waals surface area contributed by atoms with Crippen LogP contribution in [0.25, 0.3) is 0 Å². The van der Waals surface area contributed by atoms with E-state index in [9.17, 15) is 5.11 Å². The molecule has 1 heteroatoms. The first-order valence-corrected chi connectivity index (χ1v) is 6.75. The van der Waals surface area contributed by atoms with Crippen molar-refractivity contribution in [2.75, 3.05) is 0 Å². The number of hydrogen-bond acceptors (Lipinski definition) is 1. The lowest BCUT2D eigenvalue weighted by Crippen LogP contribution is -2.55. The van der Waals surface area contributed by atoms with Crippen LogP contribution >= 0.6 is 0 Å². The van der Waals surface area contributed by atoms with Gasteiger partial charge in [0.25, 0.3) is 0 Å². The molecule has 94 valence electrons. The molecule has 1 saturated carbocycles. The summed E-state index contributed by atoms with van der Waals surface area (Å²) in [6, 6.07) is 10.4. The summed E-state index contributed by atoms with van der Waals surface area (Å²) in [5, 5.41) is 11.1. The van der Waals surface area contributed by atoms with Crippen LogP contribution in [0.15, 0.2) is 55.1 Å². The molecular weight excluding hydrogens is 220 g/mol. The third-order valence-electron chi connectivity index (χ3n) is 5.13. The molecule has 0 aromatic heterocycles. The van der Waals surface area contributed by atoms with Gasteiger partial charge in [-0.3, -0.25) is 0 Å². The van der Waals surface area contributed by atoms with Crippen molar-refractivity contribution in [2.24, 2.45) is 11.8 Å². The van der Waals surface area contributed by atoms with Crippen molar-refractivity contribution < 1.29 is 5.11 Å². The van der Waals surface area contributed by atoms with E-state index < -0.39 is 5.60 Å². The van der Waals surface area contributed by atoms with Crippen molar-refractivity contribution >= 4 is 0 Å². The number of allylic oxidation sites excluding steroid dienone is 1. The van der Waals surface area contributed by atoms with Gasteiger partial charge in [-0.2, -0.15) is 0 Å². The maximum absolute atomic E-state index is 11.1. The topological polar surface area (TPSA) is 20.2 Å². The number of benzene rings is 1. The maximum Gasteiger partial charge on any atom is 0.0958 e. The highest BCUT2D eigenvalue weighted by molar-refractivity contribution is 5.44. The summed E-state index contributed by atoms with van der Waals surface area (Å²) in [5.74, 6) is 1.02. The van der Waals surface area contributed by atoms with Crippen molar-refractivity contribution in [1.29, 1.82) is 0 Å². The number of aliphatic hydroxyl groups is 1. The Hall–Kier alpha value is -1.34.